The third kappa shape index (κ3) is 4.75. The first kappa shape index (κ1) is 18.7. The molecule has 0 spiro atoms. The summed E-state index contributed by atoms with van der Waals surface area (Å²) in [6, 6.07) is 17.5. The second-order valence-corrected chi connectivity index (χ2v) is 6.33. The Bertz CT molecular complexity index is 860. The van der Waals surface area contributed by atoms with Crippen molar-refractivity contribution in [3.63, 3.8) is 0 Å². The van der Waals surface area contributed by atoms with Gasteiger partial charge in [0, 0.05) is 24.5 Å². The Morgan fingerprint density at radius 1 is 1.19 bits per heavy atom. The summed E-state index contributed by atoms with van der Waals surface area (Å²) in [5.74, 6) is -0.393. The van der Waals surface area contributed by atoms with Gasteiger partial charge in [0.1, 0.15) is 11.6 Å². The van der Waals surface area contributed by atoms with Crippen LogP contribution >= 0.6 is 0 Å². The molecule has 0 aromatic heterocycles. The number of para-hydroxylation sites is 1. The molecule has 2 aromatic carbocycles. The molecule has 0 bridgehead atoms. The lowest BCUT2D eigenvalue weighted by Crippen LogP contribution is -2.36. The molecule has 1 amide bonds. The van der Waals surface area contributed by atoms with Crippen molar-refractivity contribution in [2.75, 3.05) is 36.5 Å². The van der Waals surface area contributed by atoms with Gasteiger partial charge in [-0.2, -0.15) is 5.26 Å². The van der Waals surface area contributed by atoms with E-state index in [-0.39, 0.29) is 5.57 Å². The Hall–Kier alpha value is -3.10. The van der Waals surface area contributed by atoms with Gasteiger partial charge in [-0.05, 0) is 41.8 Å². The molecule has 1 N–H and O–H groups in total. The third-order valence-corrected chi connectivity index (χ3v) is 4.59. The van der Waals surface area contributed by atoms with Crippen LogP contribution in [0.3, 0.4) is 0 Å². The number of ether oxygens (including phenoxy) is 1. The molecule has 0 radical (unpaired) electrons. The van der Waals surface area contributed by atoms with Crippen LogP contribution in [-0.4, -0.2) is 32.2 Å². The van der Waals surface area contributed by atoms with Gasteiger partial charge in [0.2, 0.25) is 0 Å². The Balaban J connectivity index is 1.73. The predicted molar refractivity (Wildman–Crippen MR) is 108 cm³/mol. The molecule has 5 nitrogen and oxygen atoms in total. The molecule has 1 aliphatic heterocycles. The van der Waals surface area contributed by atoms with Gasteiger partial charge in [-0.1, -0.05) is 37.3 Å². The number of nitrogens with one attached hydrogen (secondary N) is 1. The summed E-state index contributed by atoms with van der Waals surface area (Å²) >= 11 is 0. The smallest absolute Gasteiger partial charge is 0.266 e. The van der Waals surface area contributed by atoms with Crippen LogP contribution in [0, 0.1) is 11.3 Å². The monoisotopic (exact) mass is 361 g/mol. The fraction of sp³-hybridized carbons (Fsp3) is 0.273. The van der Waals surface area contributed by atoms with E-state index in [4.69, 9.17) is 4.74 Å². The number of amides is 1. The first-order valence-electron chi connectivity index (χ1n) is 9.15. The molecule has 0 atom stereocenters. The van der Waals surface area contributed by atoms with Crippen LogP contribution in [0.4, 0.5) is 11.4 Å². The van der Waals surface area contributed by atoms with Crippen molar-refractivity contribution in [3.05, 3.63) is 65.2 Å². The number of hydrogen-bond acceptors (Lipinski definition) is 4. The van der Waals surface area contributed by atoms with Crippen molar-refractivity contribution in [1.29, 1.82) is 5.26 Å². The molecule has 0 unspecified atom stereocenters. The maximum atomic E-state index is 12.5. The summed E-state index contributed by atoms with van der Waals surface area (Å²) < 4.78 is 5.37. The normalized spacial score (nSPS) is 14.5. The van der Waals surface area contributed by atoms with Gasteiger partial charge in [-0.25, -0.2) is 0 Å². The van der Waals surface area contributed by atoms with E-state index in [2.05, 4.69) is 10.2 Å². The number of aryl methyl sites for hydroxylation is 1. The van der Waals surface area contributed by atoms with Gasteiger partial charge in [0.15, 0.2) is 0 Å². The quantitative estimate of drug-likeness (QED) is 0.652. The zero-order chi connectivity index (χ0) is 19.1. The van der Waals surface area contributed by atoms with Crippen LogP contribution in [0.25, 0.3) is 6.08 Å². The van der Waals surface area contributed by atoms with Crippen molar-refractivity contribution in [3.8, 4) is 6.07 Å². The number of nitriles is 1. The second-order valence-electron chi connectivity index (χ2n) is 6.33. The molecular formula is C22H23N3O2. The van der Waals surface area contributed by atoms with E-state index >= 15 is 0 Å². The number of nitrogens with zero attached hydrogens (tertiary/aromatic N) is 2. The SMILES string of the molecule is CCc1ccccc1NC(=O)/C(C#N)=C\c1ccc(N2CCOCC2)cc1. The molecule has 138 valence electrons. The number of hydrogen-bond donors (Lipinski definition) is 1. The summed E-state index contributed by atoms with van der Waals surface area (Å²) in [6.45, 7) is 5.25. The second kappa shape index (κ2) is 9.02. The lowest BCUT2D eigenvalue weighted by molar-refractivity contribution is -0.112. The molecule has 1 heterocycles. The summed E-state index contributed by atoms with van der Waals surface area (Å²) in [5, 5.41) is 12.3. The number of morpholine rings is 1. The van der Waals surface area contributed by atoms with Crippen LogP contribution in [0.1, 0.15) is 18.1 Å². The van der Waals surface area contributed by atoms with Crippen LogP contribution in [0.5, 0.6) is 0 Å². The van der Waals surface area contributed by atoms with Crippen LogP contribution < -0.4 is 10.2 Å². The Kier molecular flexibility index (Phi) is 6.24. The molecule has 1 aliphatic rings. The standard InChI is InChI=1S/C22H23N3O2/c1-2-18-5-3-4-6-21(18)24-22(26)19(16-23)15-17-7-9-20(10-8-17)25-11-13-27-14-12-25/h3-10,15H,2,11-14H2,1H3,(H,24,26)/b19-15-. The lowest BCUT2D eigenvalue weighted by atomic mass is 10.1. The summed E-state index contributed by atoms with van der Waals surface area (Å²) in [7, 11) is 0. The van der Waals surface area contributed by atoms with Crippen molar-refractivity contribution >= 4 is 23.4 Å². The van der Waals surface area contributed by atoms with E-state index in [0.717, 1.165) is 55.2 Å². The summed E-state index contributed by atoms with van der Waals surface area (Å²) in [6.07, 6.45) is 2.43. The highest BCUT2D eigenvalue weighted by Gasteiger charge is 2.13. The van der Waals surface area contributed by atoms with Gasteiger partial charge < -0.3 is 15.0 Å². The van der Waals surface area contributed by atoms with Crippen molar-refractivity contribution < 1.29 is 9.53 Å². The zero-order valence-electron chi connectivity index (χ0n) is 15.4. The van der Waals surface area contributed by atoms with Crippen LogP contribution in [-0.2, 0) is 16.0 Å². The number of carbonyl (C=O) groups is 1. The fourth-order valence-corrected chi connectivity index (χ4v) is 3.06. The van der Waals surface area contributed by atoms with Crippen molar-refractivity contribution in [2.24, 2.45) is 0 Å². The van der Waals surface area contributed by atoms with Crippen LogP contribution in [0.15, 0.2) is 54.1 Å². The van der Waals surface area contributed by atoms with Gasteiger partial charge in [0.05, 0.1) is 13.2 Å². The molecular weight excluding hydrogens is 338 g/mol. The first-order chi connectivity index (χ1) is 13.2. The molecule has 1 saturated heterocycles. The van der Waals surface area contributed by atoms with Crippen molar-refractivity contribution in [1.82, 2.24) is 0 Å². The topological polar surface area (TPSA) is 65.4 Å². The maximum absolute atomic E-state index is 12.5. The van der Waals surface area contributed by atoms with Gasteiger partial charge >= 0.3 is 0 Å². The van der Waals surface area contributed by atoms with E-state index in [1.165, 1.54) is 0 Å². The number of benzene rings is 2. The highest BCUT2D eigenvalue weighted by molar-refractivity contribution is 6.10. The summed E-state index contributed by atoms with van der Waals surface area (Å²) in [5.41, 5.74) is 3.81. The predicted octanol–water partition coefficient (Wildman–Crippen LogP) is 3.63. The molecule has 1 fully saturated rings. The molecule has 0 saturated carbocycles. The van der Waals surface area contributed by atoms with Gasteiger partial charge in [0.25, 0.3) is 5.91 Å². The third-order valence-electron chi connectivity index (χ3n) is 4.59. The van der Waals surface area contributed by atoms with E-state index in [0.29, 0.717) is 0 Å². The van der Waals surface area contributed by atoms with E-state index < -0.39 is 5.91 Å². The maximum Gasteiger partial charge on any atom is 0.266 e. The van der Waals surface area contributed by atoms with Crippen LogP contribution in [0.2, 0.25) is 0 Å². The molecule has 0 aliphatic carbocycles. The van der Waals surface area contributed by atoms with E-state index in [1.807, 2.05) is 61.5 Å². The van der Waals surface area contributed by atoms with E-state index in [1.54, 1.807) is 6.08 Å². The Labute approximate surface area is 159 Å². The largest absolute Gasteiger partial charge is 0.378 e. The minimum absolute atomic E-state index is 0.0834. The average Bonchev–Trinajstić information content (AvgIpc) is 2.73. The Morgan fingerprint density at radius 2 is 1.89 bits per heavy atom. The molecule has 5 heteroatoms. The molecule has 27 heavy (non-hydrogen) atoms. The van der Waals surface area contributed by atoms with Crippen molar-refractivity contribution in [2.45, 2.75) is 13.3 Å². The minimum atomic E-state index is -0.393. The highest BCUT2D eigenvalue weighted by atomic mass is 16.5. The molecule has 3 rings (SSSR count). The average molecular weight is 361 g/mol. The Morgan fingerprint density at radius 3 is 2.56 bits per heavy atom. The number of anilines is 2. The van der Waals surface area contributed by atoms with Gasteiger partial charge in [-0.15, -0.1) is 0 Å². The zero-order valence-corrected chi connectivity index (χ0v) is 15.4. The van der Waals surface area contributed by atoms with Gasteiger partial charge in [-0.3, -0.25) is 4.79 Å². The molecule has 2 aromatic rings. The lowest BCUT2D eigenvalue weighted by Gasteiger charge is -2.28. The first-order valence-corrected chi connectivity index (χ1v) is 9.15. The fourth-order valence-electron chi connectivity index (χ4n) is 3.06. The minimum Gasteiger partial charge on any atom is -0.378 e. The number of carbonyl (C=O) groups excluding carboxylic acids is 1. The summed E-state index contributed by atoms with van der Waals surface area (Å²) in [4.78, 5) is 14.8. The number of rotatable bonds is 5. The highest BCUT2D eigenvalue weighted by Crippen LogP contribution is 2.19. The van der Waals surface area contributed by atoms with E-state index in [9.17, 15) is 10.1 Å².